The Hall–Kier alpha value is -3.42. The summed E-state index contributed by atoms with van der Waals surface area (Å²) in [5.74, 6) is -2.61. The first kappa shape index (κ1) is 20.6. The van der Waals surface area contributed by atoms with E-state index in [9.17, 15) is 19.2 Å². The van der Waals surface area contributed by atoms with E-state index in [1.54, 1.807) is 0 Å². The maximum Gasteiger partial charge on any atom is 0.338 e. The van der Waals surface area contributed by atoms with Crippen LogP contribution in [-0.4, -0.2) is 50.3 Å². The molecule has 8 heteroatoms. The molecule has 1 aromatic rings. The van der Waals surface area contributed by atoms with E-state index in [-0.39, 0.29) is 37.6 Å². The average Bonchev–Trinajstić information content (AvgIpc) is 2.67. The van der Waals surface area contributed by atoms with Gasteiger partial charge in [-0.25, -0.2) is 19.2 Å². The molecule has 1 aromatic carbocycles. The Kier molecular flexibility index (Phi) is 8.88. The maximum atomic E-state index is 11.9. The number of carbonyl (C=O) groups is 4. The van der Waals surface area contributed by atoms with E-state index in [1.807, 2.05) is 0 Å². The number of esters is 4. The first-order chi connectivity index (χ1) is 12.5. The van der Waals surface area contributed by atoms with Crippen molar-refractivity contribution in [3.63, 3.8) is 0 Å². The summed E-state index contributed by atoms with van der Waals surface area (Å²) in [7, 11) is 0. The van der Waals surface area contributed by atoms with Gasteiger partial charge in [-0.1, -0.05) is 19.2 Å². The summed E-state index contributed by atoms with van der Waals surface area (Å²) in [5, 5.41) is 0. The molecule has 0 aliphatic carbocycles. The van der Waals surface area contributed by atoms with Crippen LogP contribution in [0.4, 0.5) is 0 Å². The smallest absolute Gasteiger partial charge is 0.338 e. The second kappa shape index (κ2) is 11.2. The Balaban J connectivity index is 2.47. The highest BCUT2D eigenvalue weighted by Crippen LogP contribution is 2.08. The summed E-state index contributed by atoms with van der Waals surface area (Å²) in [5.41, 5.74) is 0.264. The van der Waals surface area contributed by atoms with E-state index in [0.717, 1.165) is 12.2 Å². The van der Waals surface area contributed by atoms with E-state index >= 15 is 0 Å². The maximum absolute atomic E-state index is 11.9. The minimum atomic E-state index is -0.686. The van der Waals surface area contributed by atoms with Gasteiger partial charge in [0.25, 0.3) is 0 Å². The largest absolute Gasteiger partial charge is 0.459 e. The SMILES string of the molecule is C=CC(=O)OCCOC(=O)c1cccc(C(=O)OCCOC(=O)C=C)c1. The van der Waals surface area contributed by atoms with Crippen LogP contribution < -0.4 is 0 Å². The molecule has 0 amide bonds. The third kappa shape index (κ3) is 7.43. The molecule has 0 bridgehead atoms. The van der Waals surface area contributed by atoms with Crippen LogP contribution in [0.1, 0.15) is 20.7 Å². The molecule has 0 fully saturated rings. The monoisotopic (exact) mass is 362 g/mol. The molecular formula is C18H18O8. The Bertz CT molecular complexity index is 637. The average molecular weight is 362 g/mol. The van der Waals surface area contributed by atoms with Crippen LogP contribution in [0.15, 0.2) is 49.6 Å². The molecule has 0 radical (unpaired) electrons. The van der Waals surface area contributed by atoms with Crippen LogP contribution in [0, 0.1) is 0 Å². The second-order valence-corrected chi connectivity index (χ2v) is 4.60. The summed E-state index contributed by atoms with van der Waals surface area (Å²) >= 11 is 0. The molecule has 0 atom stereocenters. The highest BCUT2D eigenvalue weighted by molar-refractivity contribution is 5.95. The van der Waals surface area contributed by atoms with Gasteiger partial charge < -0.3 is 18.9 Å². The van der Waals surface area contributed by atoms with Gasteiger partial charge in [-0.15, -0.1) is 0 Å². The third-order valence-corrected chi connectivity index (χ3v) is 2.79. The van der Waals surface area contributed by atoms with E-state index in [4.69, 9.17) is 9.47 Å². The van der Waals surface area contributed by atoms with Crippen molar-refractivity contribution in [1.29, 1.82) is 0 Å². The summed E-state index contributed by atoms with van der Waals surface area (Å²) in [6.07, 6.45) is 1.99. The van der Waals surface area contributed by atoms with E-state index in [1.165, 1.54) is 24.3 Å². The van der Waals surface area contributed by atoms with Crippen LogP contribution in [0.25, 0.3) is 0 Å². The topological polar surface area (TPSA) is 105 Å². The van der Waals surface area contributed by atoms with Crippen LogP contribution in [0.5, 0.6) is 0 Å². The molecule has 0 saturated carbocycles. The summed E-state index contributed by atoms with van der Waals surface area (Å²) in [4.78, 5) is 45.5. The van der Waals surface area contributed by atoms with Crippen LogP contribution in [0.3, 0.4) is 0 Å². The van der Waals surface area contributed by atoms with Crippen LogP contribution in [-0.2, 0) is 28.5 Å². The van der Waals surface area contributed by atoms with Crippen molar-refractivity contribution in [1.82, 2.24) is 0 Å². The predicted octanol–water partition coefficient (Wildman–Crippen LogP) is 1.46. The zero-order valence-electron chi connectivity index (χ0n) is 14.0. The number of hydrogen-bond donors (Lipinski definition) is 0. The van der Waals surface area contributed by atoms with Gasteiger partial charge in [0, 0.05) is 12.2 Å². The zero-order valence-corrected chi connectivity index (χ0v) is 14.0. The van der Waals surface area contributed by atoms with Crippen molar-refractivity contribution in [3.8, 4) is 0 Å². The molecule has 1 rings (SSSR count). The summed E-state index contributed by atoms with van der Waals surface area (Å²) in [6.45, 7) is 5.97. The molecule has 0 heterocycles. The minimum Gasteiger partial charge on any atom is -0.459 e. The normalized spacial score (nSPS) is 9.54. The number of hydrogen-bond acceptors (Lipinski definition) is 8. The molecule has 8 nitrogen and oxygen atoms in total. The fourth-order valence-corrected chi connectivity index (χ4v) is 1.61. The lowest BCUT2D eigenvalue weighted by molar-refractivity contribution is -0.139. The molecule has 138 valence electrons. The molecule has 0 aliphatic heterocycles. The Morgan fingerprint density at radius 2 is 1.12 bits per heavy atom. The molecule has 0 aromatic heterocycles. The fourth-order valence-electron chi connectivity index (χ4n) is 1.61. The lowest BCUT2D eigenvalue weighted by atomic mass is 10.1. The quantitative estimate of drug-likeness (QED) is 0.267. The first-order valence-electron chi connectivity index (χ1n) is 7.50. The molecule has 0 aliphatic rings. The molecule has 0 saturated heterocycles. The van der Waals surface area contributed by atoms with Gasteiger partial charge in [-0.3, -0.25) is 0 Å². The number of rotatable bonds is 10. The molecule has 0 spiro atoms. The zero-order chi connectivity index (χ0) is 19.4. The van der Waals surface area contributed by atoms with Crippen LogP contribution >= 0.6 is 0 Å². The highest BCUT2D eigenvalue weighted by Gasteiger charge is 2.13. The Morgan fingerprint density at radius 3 is 1.50 bits per heavy atom. The lowest BCUT2D eigenvalue weighted by Crippen LogP contribution is -2.15. The Labute approximate surface area is 150 Å². The predicted molar refractivity (Wildman–Crippen MR) is 89.3 cm³/mol. The van der Waals surface area contributed by atoms with Gasteiger partial charge >= 0.3 is 23.9 Å². The lowest BCUT2D eigenvalue weighted by Gasteiger charge is -2.07. The molecular weight excluding hydrogens is 344 g/mol. The number of ether oxygens (including phenoxy) is 4. The van der Waals surface area contributed by atoms with E-state index in [0.29, 0.717) is 0 Å². The van der Waals surface area contributed by atoms with Gasteiger partial charge in [-0.2, -0.15) is 0 Å². The standard InChI is InChI=1S/C18H18O8/c1-3-15(19)23-8-10-25-17(21)13-6-5-7-14(12-13)18(22)26-11-9-24-16(20)4-2/h3-7,12H,1-2,8-11H2. The molecule has 0 N–H and O–H groups in total. The molecule has 0 unspecified atom stereocenters. The highest BCUT2D eigenvalue weighted by atomic mass is 16.6. The van der Waals surface area contributed by atoms with Crippen molar-refractivity contribution in [2.45, 2.75) is 0 Å². The van der Waals surface area contributed by atoms with E-state index in [2.05, 4.69) is 22.6 Å². The van der Waals surface area contributed by atoms with E-state index < -0.39 is 23.9 Å². The van der Waals surface area contributed by atoms with Gasteiger partial charge in [0.05, 0.1) is 11.1 Å². The Morgan fingerprint density at radius 1 is 0.731 bits per heavy atom. The van der Waals surface area contributed by atoms with Crippen molar-refractivity contribution < 1.29 is 38.1 Å². The first-order valence-corrected chi connectivity index (χ1v) is 7.50. The second-order valence-electron chi connectivity index (χ2n) is 4.60. The van der Waals surface area contributed by atoms with Crippen LogP contribution in [0.2, 0.25) is 0 Å². The number of carbonyl (C=O) groups excluding carboxylic acids is 4. The fraction of sp³-hybridized carbons (Fsp3) is 0.222. The summed E-state index contributed by atoms with van der Waals surface area (Å²) < 4.78 is 19.2. The van der Waals surface area contributed by atoms with Gasteiger partial charge in [0.2, 0.25) is 0 Å². The van der Waals surface area contributed by atoms with Gasteiger partial charge in [0.1, 0.15) is 26.4 Å². The van der Waals surface area contributed by atoms with Crippen molar-refractivity contribution in [2.75, 3.05) is 26.4 Å². The number of benzene rings is 1. The van der Waals surface area contributed by atoms with Crippen molar-refractivity contribution >= 4 is 23.9 Å². The van der Waals surface area contributed by atoms with Gasteiger partial charge in [-0.05, 0) is 18.2 Å². The van der Waals surface area contributed by atoms with Crippen molar-refractivity contribution in [2.24, 2.45) is 0 Å². The minimum absolute atomic E-state index is 0.109. The molecule has 26 heavy (non-hydrogen) atoms. The third-order valence-electron chi connectivity index (χ3n) is 2.79. The van der Waals surface area contributed by atoms with Gasteiger partial charge in [0.15, 0.2) is 0 Å². The van der Waals surface area contributed by atoms with Crippen molar-refractivity contribution in [3.05, 3.63) is 60.7 Å². The summed E-state index contributed by atoms with van der Waals surface area (Å²) in [6, 6.07) is 5.71.